The van der Waals surface area contributed by atoms with Crippen LogP contribution in [0.4, 0.5) is 0 Å². The van der Waals surface area contributed by atoms with Crippen LogP contribution in [0.1, 0.15) is 41.6 Å². The van der Waals surface area contributed by atoms with Crippen molar-refractivity contribution in [3.8, 4) is 0 Å². The summed E-state index contributed by atoms with van der Waals surface area (Å²) in [5.41, 5.74) is 1.91. The van der Waals surface area contributed by atoms with Crippen LogP contribution in [0.15, 0.2) is 30.8 Å². The number of hydrogen-bond donors (Lipinski definition) is 2. The highest BCUT2D eigenvalue weighted by molar-refractivity contribution is 6.10. The fourth-order valence-electron chi connectivity index (χ4n) is 3.18. The van der Waals surface area contributed by atoms with Crippen LogP contribution in [0.25, 0.3) is 5.70 Å². The number of fused-ring (bicyclic) bond motifs is 1. The van der Waals surface area contributed by atoms with Gasteiger partial charge in [-0.1, -0.05) is 37.6 Å². The summed E-state index contributed by atoms with van der Waals surface area (Å²) in [5, 5.41) is 12.8. The fraction of sp³-hybridized carbons (Fsp3) is 0.412. The van der Waals surface area contributed by atoms with Crippen LogP contribution in [-0.2, 0) is 4.79 Å². The molecular formula is C17H20N2O3. The van der Waals surface area contributed by atoms with Crippen molar-refractivity contribution in [2.24, 2.45) is 0 Å². The van der Waals surface area contributed by atoms with Gasteiger partial charge in [-0.3, -0.25) is 14.5 Å². The maximum Gasteiger partial charge on any atom is 0.259 e. The predicted molar refractivity (Wildman–Crippen MR) is 82.9 cm³/mol. The van der Waals surface area contributed by atoms with Crippen LogP contribution in [0.2, 0.25) is 0 Å². The second kappa shape index (κ2) is 5.93. The molecule has 2 aliphatic rings. The Labute approximate surface area is 129 Å². The lowest BCUT2D eigenvalue weighted by atomic mass is 9.92. The van der Waals surface area contributed by atoms with Gasteiger partial charge in [0.2, 0.25) is 5.91 Å². The molecule has 0 spiro atoms. The monoisotopic (exact) mass is 300 g/mol. The largest absolute Gasteiger partial charge is 0.391 e. The van der Waals surface area contributed by atoms with E-state index in [1.807, 2.05) is 12.1 Å². The van der Waals surface area contributed by atoms with E-state index in [4.69, 9.17) is 0 Å². The van der Waals surface area contributed by atoms with E-state index in [-0.39, 0.29) is 24.4 Å². The van der Waals surface area contributed by atoms with E-state index >= 15 is 0 Å². The average Bonchev–Trinajstić information content (AvgIpc) is 2.75. The molecule has 2 unspecified atom stereocenters. The van der Waals surface area contributed by atoms with Crippen LogP contribution in [-0.4, -0.2) is 40.5 Å². The maximum absolute atomic E-state index is 12.3. The number of hydrogen-bond acceptors (Lipinski definition) is 3. The smallest absolute Gasteiger partial charge is 0.259 e. The summed E-state index contributed by atoms with van der Waals surface area (Å²) in [6.45, 7) is 3.86. The van der Waals surface area contributed by atoms with Crippen molar-refractivity contribution in [2.45, 2.75) is 37.8 Å². The molecule has 0 saturated heterocycles. The summed E-state index contributed by atoms with van der Waals surface area (Å²) >= 11 is 0. The summed E-state index contributed by atoms with van der Waals surface area (Å²) < 4.78 is 0. The van der Waals surface area contributed by atoms with Crippen LogP contribution in [0, 0.1) is 0 Å². The van der Waals surface area contributed by atoms with Crippen molar-refractivity contribution in [1.82, 2.24) is 10.2 Å². The normalized spacial score (nSPS) is 24.3. The number of aliphatic hydroxyl groups is 1. The molecular weight excluding hydrogens is 280 g/mol. The van der Waals surface area contributed by atoms with E-state index in [1.165, 1.54) is 4.90 Å². The topological polar surface area (TPSA) is 69.6 Å². The van der Waals surface area contributed by atoms with Gasteiger partial charge in [-0.05, 0) is 18.9 Å². The molecule has 1 aromatic rings. The molecule has 1 aliphatic carbocycles. The number of benzene rings is 1. The zero-order chi connectivity index (χ0) is 15.7. The first-order valence-corrected chi connectivity index (χ1v) is 7.65. The van der Waals surface area contributed by atoms with E-state index in [2.05, 4.69) is 11.9 Å². The first-order valence-electron chi connectivity index (χ1n) is 7.65. The van der Waals surface area contributed by atoms with E-state index in [1.54, 1.807) is 12.1 Å². The standard InChI is InChI=1S/C17H20N2O3/c1-11-12-6-2-3-7-13(12)17(22)19(11)10-16(21)18-14-8-4-5-9-15(14)20/h2-3,6-7,14-15,20H,1,4-5,8-10H2,(H,18,21). The molecule has 2 amide bonds. The summed E-state index contributed by atoms with van der Waals surface area (Å²) in [6.07, 6.45) is 2.99. The Hall–Kier alpha value is -2.14. The van der Waals surface area contributed by atoms with E-state index < -0.39 is 6.10 Å². The Kier molecular flexibility index (Phi) is 3.98. The lowest BCUT2D eigenvalue weighted by Crippen LogP contribution is -2.48. The highest BCUT2D eigenvalue weighted by atomic mass is 16.3. The number of amides is 2. The van der Waals surface area contributed by atoms with Gasteiger partial charge in [0.15, 0.2) is 0 Å². The van der Waals surface area contributed by atoms with Gasteiger partial charge in [-0.25, -0.2) is 0 Å². The maximum atomic E-state index is 12.3. The van der Waals surface area contributed by atoms with Gasteiger partial charge in [0, 0.05) is 16.8 Å². The Bertz CT molecular complexity index is 591. The van der Waals surface area contributed by atoms with Crippen molar-refractivity contribution in [1.29, 1.82) is 0 Å². The van der Waals surface area contributed by atoms with Gasteiger partial charge in [0.25, 0.3) is 5.91 Å². The first-order chi connectivity index (χ1) is 10.6. The molecule has 116 valence electrons. The van der Waals surface area contributed by atoms with Crippen LogP contribution in [0.3, 0.4) is 0 Å². The zero-order valence-electron chi connectivity index (χ0n) is 12.4. The van der Waals surface area contributed by atoms with Gasteiger partial charge in [-0.15, -0.1) is 0 Å². The number of nitrogens with one attached hydrogen (secondary N) is 1. The fourth-order valence-corrected chi connectivity index (χ4v) is 3.18. The van der Waals surface area contributed by atoms with Gasteiger partial charge in [-0.2, -0.15) is 0 Å². The van der Waals surface area contributed by atoms with Gasteiger partial charge < -0.3 is 10.4 Å². The first kappa shape index (κ1) is 14.8. The third-order valence-corrected chi connectivity index (χ3v) is 4.42. The van der Waals surface area contributed by atoms with Crippen LogP contribution in [0.5, 0.6) is 0 Å². The molecule has 0 radical (unpaired) electrons. The Morgan fingerprint density at radius 3 is 2.64 bits per heavy atom. The van der Waals surface area contributed by atoms with Crippen molar-refractivity contribution in [3.05, 3.63) is 42.0 Å². The molecule has 1 heterocycles. The Morgan fingerprint density at radius 1 is 1.27 bits per heavy atom. The van der Waals surface area contributed by atoms with Crippen molar-refractivity contribution >= 4 is 17.5 Å². The number of carbonyl (C=O) groups excluding carboxylic acids is 2. The molecule has 0 bridgehead atoms. The summed E-state index contributed by atoms with van der Waals surface area (Å²) in [7, 11) is 0. The van der Waals surface area contributed by atoms with Gasteiger partial charge in [0.1, 0.15) is 6.54 Å². The molecule has 1 saturated carbocycles. The van der Waals surface area contributed by atoms with E-state index in [9.17, 15) is 14.7 Å². The molecule has 5 nitrogen and oxygen atoms in total. The SMILES string of the molecule is C=C1c2ccccc2C(=O)N1CC(=O)NC1CCCCC1O. The quantitative estimate of drug-likeness (QED) is 0.889. The molecule has 1 aliphatic heterocycles. The zero-order valence-corrected chi connectivity index (χ0v) is 12.4. The number of aliphatic hydroxyl groups excluding tert-OH is 1. The number of carbonyl (C=O) groups is 2. The molecule has 2 N–H and O–H groups in total. The lowest BCUT2D eigenvalue weighted by molar-refractivity contribution is -0.123. The highest BCUT2D eigenvalue weighted by Crippen LogP contribution is 2.30. The predicted octanol–water partition coefficient (Wildman–Crippen LogP) is 1.53. The third kappa shape index (κ3) is 2.64. The molecule has 1 aromatic carbocycles. The minimum atomic E-state index is -0.493. The Balaban J connectivity index is 1.65. The van der Waals surface area contributed by atoms with Crippen molar-refractivity contribution < 1.29 is 14.7 Å². The van der Waals surface area contributed by atoms with E-state index in [0.717, 1.165) is 24.8 Å². The molecule has 1 fully saturated rings. The van der Waals surface area contributed by atoms with Gasteiger partial charge >= 0.3 is 0 Å². The van der Waals surface area contributed by atoms with Gasteiger partial charge in [0.05, 0.1) is 12.1 Å². The molecule has 5 heteroatoms. The summed E-state index contributed by atoms with van der Waals surface area (Å²) in [5.74, 6) is -0.451. The highest BCUT2D eigenvalue weighted by Gasteiger charge is 2.33. The van der Waals surface area contributed by atoms with Crippen LogP contribution >= 0.6 is 0 Å². The summed E-state index contributed by atoms with van der Waals surface area (Å²) in [4.78, 5) is 25.9. The third-order valence-electron chi connectivity index (χ3n) is 4.42. The molecule has 2 atom stereocenters. The van der Waals surface area contributed by atoms with E-state index in [0.29, 0.717) is 17.7 Å². The second-order valence-corrected chi connectivity index (χ2v) is 5.91. The number of nitrogens with zero attached hydrogens (tertiary/aromatic N) is 1. The molecule has 0 aromatic heterocycles. The van der Waals surface area contributed by atoms with Crippen molar-refractivity contribution in [3.63, 3.8) is 0 Å². The average molecular weight is 300 g/mol. The minimum Gasteiger partial charge on any atom is -0.391 e. The lowest BCUT2D eigenvalue weighted by Gasteiger charge is -2.29. The summed E-state index contributed by atoms with van der Waals surface area (Å²) in [6, 6.07) is 7.00. The molecule has 3 rings (SSSR count). The van der Waals surface area contributed by atoms with Crippen molar-refractivity contribution in [2.75, 3.05) is 6.54 Å². The second-order valence-electron chi connectivity index (χ2n) is 5.91. The van der Waals surface area contributed by atoms with Crippen LogP contribution < -0.4 is 5.32 Å². The molecule has 22 heavy (non-hydrogen) atoms. The minimum absolute atomic E-state index is 0.0600. The Morgan fingerprint density at radius 2 is 1.95 bits per heavy atom. The number of rotatable bonds is 3.